The number of amides is 1. The first-order chi connectivity index (χ1) is 8.15. The van der Waals surface area contributed by atoms with Gasteiger partial charge in [-0.25, -0.2) is 0 Å². The number of nitrogens with zero attached hydrogens (tertiary/aromatic N) is 2. The Morgan fingerprint density at radius 3 is 2.76 bits per heavy atom. The molecule has 0 aromatic carbocycles. The van der Waals surface area contributed by atoms with E-state index < -0.39 is 0 Å². The first-order valence-corrected chi connectivity index (χ1v) is 6.42. The second kappa shape index (κ2) is 3.59. The summed E-state index contributed by atoms with van der Waals surface area (Å²) in [6, 6.07) is 0. The van der Waals surface area contributed by atoms with Gasteiger partial charge in [-0.1, -0.05) is 12.8 Å². The SMILES string of the molecule is Cc1cnn(C)c1[C@@H]1CNC(=O)C12CCCC2. The molecule has 1 saturated heterocycles. The molecule has 0 unspecified atom stereocenters. The number of carbonyl (C=O) groups excluding carboxylic acids is 1. The highest BCUT2D eigenvalue weighted by molar-refractivity contribution is 5.86. The molecule has 2 heterocycles. The van der Waals surface area contributed by atoms with Crippen molar-refractivity contribution in [3.8, 4) is 0 Å². The number of hydrogen-bond donors (Lipinski definition) is 1. The van der Waals surface area contributed by atoms with Gasteiger partial charge in [-0.2, -0.15) is 5.10 Å². The van der Waals surface area contributed by atoms with Crippen molar-refractivity contribution >= 4 is 5.91 Å². The fourth-order valence-electron chi connectivity index (χ4n) is 3.72. The van der Waals surface area contributed by atoms with Crippen LogP contribution in [0.1, 0.15) is 42.9 Å². The van der Waals surface area contributed by atoms with Crippen molar-refractivity contribution in [1.29, 1.82) is 0 Å². The zero-order chi connectivity index (χ0) is 12.0. The van der Waals surface area contributed by atoms with Gasteiger partial charge >= 0.3 is 0 Å². The van der Waals surface area contributed by atoms with Crippen LogP contribution < -0.4 is 5.32 Å². The van der Waals surface area contributed by atoms with Gasteiger partial charge in [0.1, 0.15) is 0 Å². The van der Waals surface area contributed by atoms with Crippen LogP contribution in [-0.2, 0) is 11.8 Å². The molecule has 1 atom stereocenters. The standard InChI is InChI=1S/C13H19N3O/c1-9-7-15-16(2)11(9)10-8-14-12(17)13(10)5-3-4-6-13/h7,10H,3-6,8H2,1-2H3,(H,14,17)/t10-/m0/s1. The Hall–Kier alpha value is -1.32. The maximum atomic E-state index is 12.2. The van der Waals surface area contributed by atoms with E-state index in [-0.39, 0.29) is 11.3 Å². The third kappa shape index (κ3) is 1.36. The summed E-state index contributed by atoms with van der Waals surface area (Å²) in [6.45, 7) is 2.87. The third-order valence-corrected chi connectivity index (χ3v) is 4.59. The summed E-state index contributed by atoms with van der Waals surface area (Å²) < 4.78 is 1.94. The predicted molar refractivity (Wildman–Crippen MR) is 64.6 cm³/mol. The van der Waals surface area contributed by atoms with E-state index in [1.807, 2.05) is 17.9 Å². The molecule has 1 aromatic heterocycles. The lowest BCUT2D eigenvalue weighted by molar-refractivity contribution is -0.127. The number of hydrogen-bond acceptors (Lipinski definition) is 2. The van der Waals surface area contributed by atoms with Crippen molar-refractivity contribution < 1.29 is 4.79 Å². The third-order valence-electron chi connectivity index (χ3n) is 4.59. The van der Waals surface area contributed by atoms with Crippen LogP contribution >= 0.6 is 0 Å². The number of carbonyl (C=O) groups is 1. The molecule has 2 aliphatic rings. The van der Waals surface area contributed by atoms with E-state index in [0.29, 0.717) is 5.92 Å². The van der Waals surface area contributed by atoms with Crippen molar-refractivity contribution in [1.82, 2.24) is 15.1 Å². The van der Waals surface area contributed by atoms with Crippen LogP contribution in [0, 0.1) is 12.3 Å². The summed E-state index contributed by atoms with van der Waals surface area (Å²) in [7, 11) is 1.98. The minimum Gasteiger partial charge on any atom is -0.355 e. The zero-order valence-electron chi connectivity index (χ0n) is 10.5. The number of aromatic nitrogens is 2. The smallest absolute Gasteiger partial charge is 0.226 e. The van der Waals surface area contributed by atoms with Crippen molar-refractivity contribution in [3.05, 3.63) is 17.5 Å². The number of nitrogens with one attached hydrogen (secondary N) is 1. The molecule has 3 rings (SSSR count). The van der Waals surface area contributed by atoms with Crippen molar-refractivity contribution in [2.45, 2.75) is 38.5 Å². The maximum Gasteiger partial charge on any atom is 0.226 e. The molecular formula is C13H19N3O. The predicted octanol–water partition coefficient (Wildman–Crippen LogP) is 1.50. The summed E-state index contributed by atoms with van der Waals surface area (Å²) in [4.78, 5) is 12.2. The molecule has 0 bridgehead atoms. The lowest BCUT2D eigenvalue weighted by atomic mass is 9.73. The van der Waals surface area contributed by atoms with Gasteiger partial charge in [0.25, 0.3) is 0 Å². The second-order valence-electron chi connectivity index (χ2n) is 5.46. The summed E-state index contributed by atoms with van der Waals surface area (Å²) in [6.07, 6.45) is 6.34. The maximum absolute atomic E-state index is 12.2. The fraction of sp³-hybridized carbons (Fsp3) is 0.692. The molecule has 1 aliphatic heterocycles. The highest BCUT2D eigenvalue weighted by Crippen LogP contribution is 2.51. The Bertz CT molecular complexity index is 438. The van der Waals surface area contributed by atoms with Gasteiger partial charge in [-0.05, 0) is 25.3 Å². The molecule has 17 heavy (non-hydrogen) atoms. The molecule has 4 nitrogen and oxygen atoms in total. The molecule has 4 heteroatoms. The first kappa shape index (κ1) is 10.8. The summed E-state index contributed by atoms with van der Waals surface area (Å²) in [5.74, 6) is 0.575. The molecule has 1 saturated carbocycles. The highest BCUT2D eigenvalue weighted by atomic mass is 16.2. The van der Waals surface area contributed by atoms with Crippen LogP contribution in [0.5, 0.6) is 0 Å². The molecular weight excluding hydrogens is 214 g/mol. The Morgan fingerprint density at radius 2 is 2.18 bits per heavy atom. The normalized spacial score (nSPS) is 26.7. The first-order valence-electron chi connectivity index (χ1n) is 6.42. The monoisotopic (exact) mass is 233 g/mol. The van der Waals surface area contributed by atoms with E-state index in [0.717, 1.165) is 19.4 Å². The Balaban J connectivity index is 2.06. The molecule has 1 N–H and O–H groups in total. The lowest BCUT2D eigenvalue weighted by Crippen LogP contribution is -2.32. The molecule has 0 radical (unpaired) electrons. The summed E-state index contributed by atoms with van der Waals surface area (Å²) >= 11 is 0. The number of rotatable bonds is 1. The van der Waals surface area contributed by atoms with Crippen LogP contribution in [0.2, 0.25) is 0 Å². The van der Waals surface area contributed by atoms with E-state index >= 15 is 0 Å². The quantitative estimate of drug-likeness (QED) is 0.799. The van der Waals surface area contributed by atoms with Crippen molar-refractivity contribution in [2.75, 3.05) is 6.54 Å². The van der Waals surface area contributed by atoms with Crippen LogP contribution in [0.15, 0.2) is 6.20 Å². The zero-order valence-corrected chi connectivity index (χ0v) is 10.5. The van der Waals surface area contributed by atoms with Crippen molar-refractivity contribution in [3.63, 3.8) is 0 Å². The molecule has 1 aliphatic carbocycles. The van der Waals surface area contributed by atoms with Crippen molar-refractivity contribution in [2.24, 2.45) is 12.5 Å². The van der Waals surface area contributed by atoms with Gasteiger partial charge in [0.15, 0.2) is 0 Å². The minimum absolute atomic E-state index is 0.140. The van der Waals surface area contributed by atoms with Gasteiger partial charge in [-0.15, -0.1) is 0 Å². The number of aryl methyl sites for hydroxylation is 2. The molecule has 2 fully saturated rings. The van der Waals surface area contributed by atoms with Gasteiger partial charge in [0.05, 0.1) is 11.6 Å². The van der Waals surface area contributed by atoms with E-state index in [2.05, 4.69) is 17.3 Å². The topological polar surface area (TPSA) is 46.9 Å². The van der Waals surface area contributed by atoms with E-state index in [9.17, 15) is 4.79 Å². The Kier molecular flexibility index (Phi) is 2.28. The molecule has 92 valence electrons. The Morgan fingerprint density at radius 1 is 1.47 bits per heavy atom. The molecule has 1 amide bonds. The van der Waals surface area contributed by atoms with E-state index in [1.54, 1.807) is 0 Å². The highest BCUT2D eigenvalue weighted by Gasteiger charge is 2.53. The van der Waals surface area contributed by atoms with Crippen LogP contribution in [0.3, 0.4) is 0 Å². The summed E-state index contributed by atoms with van der Waals surface area (Å²) in [5, 5.41) is 7.38. The van der Waals surface area contributed by atoms with E-state index in [4.69, 9.17) is 0 Å². The minimum atomic E-state index is -0.140. The van der Waals surface area contributed by atoms with Gasteiger partial charge < -0.3 is 5.32 Å². The van der Waals surface area contributed by atoms with Crippen LogP contribution in [0.25, 0.3) is 0 Å². The largest absolute Gasteiger partial charge is 0.355 e. The Labute approximate surface area is 101 Å². The van der Waals surface area contributed by atoms with Crippen LogP contribution in [-0.4, -0.2) is 22.2 Å². The molecule has 1 aromatic rings. The van der Waals surface area contributed by atoms with Gasteiger partial charge in [-0.3, -0.25) is 9.48 Å². The average Bonchev–Trinajstić information content (AvgIpc) is 2.97. The summed E-state index contributed by atoms with van der Waals surface area (Å²) in [5.41, 5.74) is 2.31. The lowest BCUT2D eigenvalue weighted by Gasteiger charge is -2.28. The fourth-order valence-corrected chi connectivity index (χ4v) is 3.72. The van der Waals surface area contributed by atoms with Gasteiger partial charge in [0.2, 0.25) is 5.91 Å². The van der Waals surface area contributed by atoms with E-state index in [1.165, 1.54) is 24.1 Å². The average molecular weight is 233 g/mol. The molecule has 1 spiro atoms. The van der Waals surface area contributed by atoms with Crippen LogP contribution in [0.4, 0.5) is 0 Å². The van der Waals surface area contributed by atoms with Gasteiger partial charge in [0, 0.05) is 25.2 Å². The second-order valence-corrected chi connectivity index (χ2v) is 5.46.